The molecule has 5 rings (SSSR count). The third kappa shape index (κ3) is 2.54. The molecule has 3 aliphatic heterocycles. The molecule has 27 heavy (non-hydrogen) atoms. The molecule has 3 atom stereocenters. The Kier molecular flexibility index (Phi) is 4.06. The van der Waals surface area contributed by atoms with Crippen LogP contribution < -0.4 is 0 Å². The van der Waals surface area contributed by atoms with Crippen molar-refractivity contribution < 1.29 is 13.9 Å². The van der Waals surface area contributed by atoms with E-state index in [4.69, 9.17) is 9.15 Å². The molecular weight excluding hydrogens is 342 g/mol. The lowest BCUT2D eigenvalue weighted by molar-refractivity contribution is -0.137. The maximum absolute atomic E-state index is 13.5. The molecule has 0 aliphatic carbocycles. The molecule has 0 aromatic carbocycles. The number of hydrogen-bond donors (Lipinski definition) is 0. The first kappa shape index (κ1) is 17.0. The summed E-state index contributed by atoms with van der Waals surface area (Å²) in [7, 11) is 1.67. The molecule has 1 amide bonds. The highest BCUT2D eigenvalue weighted by Gasteiger charge is 2.65. The highest BCUT2D eigenvalue weighted by atomic mass is 16.5. The van der Waals surface area contributed by atoms with Gasteiger partial charge in [0.2, 0.25) is 5.91 Å². The second-order valence-corrected chi connectivity index (χ2v) is 7.95. The van der Waals surface area contributed by atoms with Crippen LogP contribution in [0.25, 0.3) is 0 Å². The number of furan rings is 1. The van der Waals surface area contributed by atoms with Gasteiger partial charge in [-0.2, -0.15) is 0 Å². The Morgan fingerprint density at radius 1 is 1.37 bits per heavy atom. The number of likely N-dealkylation sites (tertiary alicyclic amines) is 1. The van der Waals surface area contributed by atoms with Crippen molar-refractivity contribution in [1.29, 1.82) is 0 Å². The normalized spacial score (nSPS) is 30.1. The van der Waals surface area contributed by atoms with Crippen LogP contribution in [0.4, 0.5) is 0 Å². The number of hydrogen-bond acceptors (Lipinski definition) is 5. The van der Waals surface area contributed by atoms with Gasteiger partial charge in [-0.15, -0.1) is 0 Å². The number of pyridine rings is 1. The lowest BCUT2D eigenvalue weighted by atomic mass is 9.85. The van der Waals surface area contributed by atoms with Crippen LogP contribution in [0, 0.1) is 5.92 Å². The zero-order chi connectivity index (χ0) is 18.4. The van der Waals surface area contributed by atoms with E-state index in [1.807, 2.05) is 29.3 Å². The fraction of sp³-hybridized carbons (Fsp3) is 0.524. The first-order chi connectivity index (χ1) is 13.2. The summed E-state index contributed by atoms with van der Waals surface area (Å²) in [5.74, 6) is 2.48. The fourth-order valence-corrected chi connectivity index (χ4v) is 5.49. The van der Waals surface area contributed by atoms with Gasteiger partial charge in [-0.25, -0.2) is 0 Å². The lowest BCUT2D eigenvalue weighted by Gasteiger charge is -2.32. The van der Waals surface area contributed by atoms with Crippen molar-refractivity contribution in [1.82, 2.24) is 14.8 Å². The summed E-state index contributed by atoms with van der Waals surface area (Å²) in [6, 6.07) is 8.23. The standard InChI is InChI=1S/C21H25N3O3/c1-26-14-17-5-6-19(27-17)18-10-16-13-23(12-15-4-2-8-22-11-15)20(25)21(16)7-3-9-24(18)21/h2,4-6,8,11,16,18H,3,7,9-10,12-14H2,1H3/t16-,18-,21-/m0/s1. The van der Waals surface area contributed by atoms with Crippen LogP contribution in [-0.2, 0) is 22.7 Å². The number of carbonyl (C=O) groups is 1. The molecule has 0 bridgehead atoms. The van der Waals surface area contributed by atoms with Crippen LogP contribution in [0.15, 0.2) is 41.1 Å². The van der Waals surface area contributed by atoms with Gasteiger partial charge in [0.1, 0.15) is 23.7 Å². The second-order valence-electron chi connectivity index (χ2n) is 7.95. The molecule has 3 fully saturated rings. The summed E-state index contributed by atoms with van der Waals surface area (Å²) in [6.45, 7) is 2.93. The van der Waals surface area contributed by atoms with Crippen molar-refractivity contribution >= 4 is 5.91 Å². The van der Waals surface area contributed by atoms with Crippen molar-refractivity contribution in [3.8, 4) is 0 Å². The largest absolute Gasteiger partial charge is 0.462 e. The van der Waals surface area contributed by atoms with Gasteiger partial charge in [0, 0.05) is 45.1 Å². The second kappa shape index (κ2) is 6.46. The zero-order valence-corrected chi connectivity index (χ0v) is 15.6. The van der Waals surface area contributed by atoms with Gasteiger partial charge in [-0.3, -0.25) is 14.7 Å². The van der Waals surface area contributed by atoms with Gasteiger partial charge in [0.15, 0.2) is 0 Å². The highest BCUT2D eigenvalue weighted by Crippen LogP contribution is 2.56. The molecule has 3 saturated heterocycles. The molecule has 2 aromatic rings. The van der Waals surface area contributed by atoms with Gasteiger partial charge in [-0.05, 0) is 43.0 Å². The summed E-state index contributed by atoms with van der Waals surface area (Å²) in [5.41, 5.74) is 0.764. The number of methoxy groups -OCH3 is 1. The molecule has 0 radical (unpaired) electrons. The van der Waals surface area contributed by atoms with E-state index in [0.29, 0.717) is 25.0 Å². The quantitative estimate of drug-likeness (QED) is 0.813. The third-order valence-electron chi connectivity index (χ3n) is 6.52. The SMILES string of the molecule is COCc1ccc([C@@H]2C[C@H]3CN(Cc4cccnc4)C(=O)[C@]34CCCN24)o1. The van der Waals surface area contributed by atoms with E-state index in [1.165, 1.54) is 0 Å². The van der Waals surface area contributed by atoms with Crippen LogP contribution in [-0.4, -0.2) is 46.4 Å². The monoisotopic (exact) mass is 367 g/mol. The van der Waals surface area contributed by atoms with E-state index >= 15 is 0 Å². The van der Waals surface area contributed by atoms with Crippen LogP contribution in [0.3, 0.4) is 0 Å². The molecule has 0 saturated carbocycles. The molecule has 3 aliphatic rings. The average Bonchev–Trinajstić information content (AvgIpc) is 3.41. The minimum absolute atomic E-state index is 0.201. The van der Waals surface area contributed by atoms with E-state index in [0.717, 1.165) is 49.4 Å². The third-order valence-corrected chi connectivity index (χ3v) is 6.52. The van der Waals surface area contributed by atoms with Crippen molar-refractivity contribution in [2.24, 2.45) is 5.92 Å². The highest BCUT2D eigenvalue weighted by molar-refractivity contribution is 5.90. The van der Waals surface area contributed by atoms with Crippen LogP contribution in [0.2, 0.25) is 0 Å². The molecule has 0 N–H and O–H groups in total. The Morgan fingerprint density at radius 2 is 2.30 bits per heavy atom. The molecule has 2 aromatic heterocycles. The lowest BCUT2D eigenvalue weighted by Crippen LogP contribution is -2.49. The minimum Gasteiger partial charge on any atom is -0.462 e. The number of ether oxygens (including phenoxy) is 1. The van der Waals surface area contributed by atoms with Crippen molar-refractivity contribution in [3.05, 3.63) is 53.7 Å². The maximum atomic E-state index is 13.5. The number of rotatable bonds is 5. The Hall–Kier alpha value is -2.18. The summed E-state index contributed by atoms with van der Waals surface area (Å²) in [4.78, 5) is 22.1. The number of carbonyl (C=O) groups excluding carboxylic acids is 1. The summed E-state index contributed by atoms with van der Waals surface area (Å²) < 4.78 is 11.2. The molecule has 0 unspecified atom stereocenters. The predicted molar refractivity (Wildman–Crippen MR) is 98.6 cm³/mol. The molecule has 6 heteroatoms. The molecule has 142 valence electrons. The zero-order valence-electron chi connectivity index (χ0n) is 15.6. The molecular formula is C21H25N3O3. The molecule has 1 spiro atoms. The van der Waals surface area contributed by atoms with Gasteiger partial charge in [0.05, 0.1) is 6.04 Å². The number of amides is 1. The predicted octanol–water partition coefficient (Wildman–Crippen LogP) is 2.76. The van der Waals surface area contributed by atoms with E-state index in [9.17, 15) is 4.79 Å². The topological polar surface area (TPSA) is 58.8 Å². The Balaban J connectivity index is 1.39. The first-order valence-corrected chi connectivity index (χ1v) is 9.75. The first-order valence-electron chi connectivity index (χ1n) is 9.75. The molecule has 5 heterocycles. The summed E-state index contributed by atoms with van der Waals surface area (Å²) in [6.07, 6.45) is 6.64. The van der Waals surface area contributed by atoms with Crippen molar-refractivity contribution in [3.63, 3.8) is 0 Å². The Bertz CT molecular complexity index is 836. The van der Waals surface area contributed by atoms with Crippen LogP contribution in [0.1, 0.15) is 42.4 Å². The fourth-order valence-electron chi connectivity index (χ4n) is 5.49. The van der Waals surface area contributed by atoms with Gasteiger partial charge < -0.3 is 14.1 Å². The van der Waals surface area contributed by atoms with Crippen molar-refractivity contribution in [2.75, 3.05) is 20.2 Å². The van der Waals surface area contributed by atoms with Crippen molar-refractivity contribution in [2.45, 2.75) is 44.0 Å². The Labute approximate surface area is 159 Å². The van der Waals surface area contributed by atoms with E-state index < -0.39 is 0 Å². The van der Waals surface area contributed by atoms with Gasteiger partial charge in [-0.1, -0.05) is 6.07 Å². The van der Waals surface area contributed by atoms with E-state index in [2.05, 4.69) is 16.0 Å². The summed E-state index contributed by atoms with van der Waals surface area (Å²) >= 11 is 0. The van der Waals surface area contributed by atoms with Gasteiger partial charge in [0.25, 0.3) is 0 Å². The molecule has 6 nitrogen and oxygen atoms in total. The maximum Gasteiger partial charge on any atom is 0.243 e. The van der Waals surface area contributed by atoms with Gasteiger partial charge >= 0.3 is 0 Å². The number of nitrogens with zero attached hydrogens (tertiary/aromatic N) is 3. The minimum atomic E-state index is -0.332. The number of aromatic nitrogens is 1. The van der Waals surface area contributed by atoms with E-state index in [-0.39, 0.29) is 11.6 Å². The summed E-state index contributed by atoms with van der Waals surface area (Å²) in [5, 5.41) is 0. The van der Waals surface area contributed by atoms with E-state index in [1.54, 1.807) is 13.3 Å². The van der Waals surface area contributed by atoms with Crippen LogP contribution >= 0.6 is 0 Å². The Morgan fingerprint density at radius 3 is 3.11 bits per heavy atom. The smallest absolute Gasteiger partial charge is 0.243 e. The van der Waals surface area contributed by atoms with Crippen LogP contribution in [0.5, 0.6) is 0 Å². The average molecular weight is 367 g/mol.